The first-order chi connectivity index (χ1) is 17.0. The fraction of sp³-hybridized carbons (Fsp3) is 0.435. The highest BCUT2D eigenvalue weighted by molar-refractivity contribution is 6.31. The molecule has 2 aliphatic rings. The largest absolute Gasteiger partial charge is 0.481 e. The van der Waals surface area contributed by atoms with E-state index in [0.29, 0.717) is 58.3 Å². The third-order valence-corrected chi connectivity index (χ3v) is 6.57. The molecule has 1 saturated heterocycles. The second kappa shape index (κ2) is 10.1. The molecule has 0 aromatic carbocycles. The number of halogens is 1. The van der Waals surface area contributed by atoms with E-state index in [4.69, 9.17) is 21.1 Å². The number of hydrogen-bond donors (Lipinski definition) is 2. The normalized spacial score (nSPS) is 17.8. The molecule has 184 valence electrons. The highest BCUT2D eigenvalue weighted by Gasteiger charge is 2.23. The van der Waals surface area contributed by atoms with Crippen molar-refractivity contribution in [1.29, 1.82) is 0 Å². The van der Waals surface area contributed by atoms with Gasteiger partial charge in [-0.05, 0) is 31.5 Å². The number of ether oxygens (including phenoxy) is 2. The van der Waals surface area contributed by atoms with Gasteiger partial charge >= 0.3 is 0 Å². The number of rotatable bonds is 8. The Kier molecular flexibility index (Phi) is 6.80. The van der Waals surface area contributed by atoms with Gasteiger partial charge in [0.1, 0.15) is 5.52 Å². The smallest absolute Gasteiger partial charge is 0.270 e. The molecule has 11 nitrogen and oxygen atoms in total. The van der Waals surface area contributed by atoms with E-state index in [0.717, 1.165) is 32.6 Å². The Labute approximate surface area is 206 Å². The number of likely N-dealkylation sites (tertiary alicyclic amines) is 1. The van der Waals surface area contributed by atoms with Crippen LogP contribution in [-0.2, 0) is 17.9 Å². The second-order valence-corrected chi connectivity index (χ2v) is 9.04. The molecule has 5 rings (SSSR count). The molecule has 12 heteroatoms. The predicted molar refractivity (Wildman–Crippen MR) is 130 cm³/mol. The minimum absolute atomic E-state index is 0.0302. The zero-order valence-corrected chi connectivity index (χ0v) is 20.0. The third-order valence-electron chi connectivity index (χ3n) is 6.24. The van der Waals surface area contributed by atoms with Gasteiger partial charge in [0.15, 0.2) is 23.8 Å². The Hall–Kier alpha value is -3.28. The molecule has 35 heavy (non-hydrogen) atoms. The van der Waals surface area contributed by atoms with Crippen molar-refractivity contribution in [3.8, 4) is 11.6 Å². The van der Waals surface area contributed by atoms with Gasteiger partial charge < -0.3 is 25.0 Å². The van der Waals surface area contributed by atoms with Crippen LogP contribution in [0.15, 0.2) is 29.2 Å². The first kappa shape index (κ1) is 23.5. The number of methoxy groups -OCH3 is 1. The number of fused-ring (bicyclic) bond motifs is 2. The van der Waals surface area contributed by atoms with Crippen molar-refractivity contribution in [2.75, 3.05) is 45.2 Å². The van der Waals surface area contributed by atoms with Gasteiger partial charge in [0.2, 0.25) is 5.88 Å². The van der Waals surface area contributed by atoms with Crippen LogP contribution in [0.5, 0.6) is 11.6 Å². The maximum atomic E-state index is 12.5. The lowest BCUT2D eigenvalue weighted by molar-refractivity contribution is -0.118. The van der Waals surface area contributed by atoms with Crippen LogP contribution >= 0.6 is 11.6 Å². The highest BCUT2D eigenvalue weighted by atomic mass is 35.5. The van der Waals surface area contributed by atoms with Crippen molar-refractivity contribution in [3.63, 3.8) is 0 Å². The number of nitrogens with zero attached hydrogens (tertiary/aromatic N) is 5. The van der Waals surface area contributed by atoms with E-state index in [1.807, 2.05) is 0 Å². The van der Waals surface area contributed by atoms with Crippen molar-refractivity contribution in [3.05, 3.63) is 45.5 Å². The van der Waals surface area contributed by atoms with E-state index in [1.165, 1.54) is 6.20 Å². The van der Waals surface area contributed by atoms with E-state index in [2.05, 4.69) is 30.5 Å². The van der Waals surface area contributed by atoms with Crippen LogP contribution in [0, 0.1) is 5.92 Å². The van der Waals surface area contributed by atoms with Gasteiger partial charge in [-0.15, -0.1) is 0 Å². The maximum absolute atomic E-state index is 12.5. The minimum Gasteiger partial charge on any atom is -0.481 e. The second-order valence-electron chi connectivity index (χ2n) is 8.63. The Bertz CT molecular complexity index is 1320. The lowest BCUT2D eigenvalue weighted by Crippen LogP contribution is -2.31. The summed E-state index contributed by atoms with van der Waals surface area (Å²) in [5, 5.41) is 6.63. The summed E-state index contributed by atoms with van der Waals surface area (Å²) in [6, 6.07) is 5.23. The van der Waals surface area contributed by atoms with Crippen LogP contribution in [0.1, 0.15) is 12.1 Å². The number of carbonyl (C=O) groups excluding carboxylic acids is 1. The number of pyridine rings is 2. The lowest BCUT2D eigenvalue weighted by atomic mass is 10.1. The van der Waals surface area contributed by atoms with Gasteiger partial charge in [-0.1, -0.05) is 11.6 Å². The number of aromatic nitrogens is 4. The van der Waals surface area contributed by atoms with E-state index in [9.17, 15) is 9.59 Å². The fourth-order valence-electron chi connectivity index (χ4n) is 4.42. The first-order valence-corrected chi connectivity index (χ1v) is 11.8. The van der Waals surface area contributed by atoms with Crippen molar-refractivity contribution < 1.29 is 14.3 Å². The Balaban J connectivity index is 1.14. The molecule has 0 bridgehead atoms. The number of hydrogen-bond acceptors (Lipinski definition) is 9. The van der Waals surface area contributed by atoms with Crippen LogP contribution < -0.4 is 25.7 Å². The van der Waals surface area contributed by atoms with Crippen molar-refractivity contribution in [2.45, 2.75) is 19.5 Å². The molecular weight excluding hydrogens is 474 g/mol. The predicted octanol–water partition coefficient (Wildman–Crippen LogP) is 1.29. The highest BCUT2D eigenvalue weighted by Crippen LogP contribution is 2.30. The van der Waals surface area contributed by atoms with E-state index in [1.54, 1.807) is 29.9 Å². The molecule has 0 radical (unpaired) electrons. The number of carbonyl (C=O) groups is 1. The monoisotopic (exact) mass is 499 g/mol. The zero-order chi connectivity index (χ0) is 24.4. The van der Waals surface area contributed by atoms with Gasteiger partial charge in [0.25, 0.3) is 11.5 Å². The molecule has 0 aliphatic carbocycles. The van der Waals surface area contributed by atoms with Crippen molar-refractivity contribution >= 4 is 34.5 Å². The van der Waals surface area contributed by atoms with E-state index < -0.39 is 0 Å². The van der Waals surface area contributed by atoms with Gasteiger partial charge in [-0.3, -0.25) is 14.2 Å². The SMILES string of the molecule is COc1ccc2ncc(=O)n(CCN3CC[C@@H](CNCc4nc5c(cc4Cl)OCC(=O)N5)C3)c2n1. The average molecular weight is 500 g/mol. The third kappa shape index (κ3) is 5.21. The Morgan fingerprint density at radius 3 is 3.03 bits per heavy atom. The summed E-state index contributed by atoms with van der Waals surface area (Å²) >= 11 is 6.34. The lowest BCUT2D eigenvalue weighted by Gasteiger charge is -2.19. The molecule has 0 unspecified atom stereocenters. The summed E-state index contributed by atoms with van der Waals surface area (Å²) in [6.07, 6.45) is 2.39. The summed E-state index contributed by atoms with van der Waals surface area (Å²) in [5.41, 5.74) is 1.68. The molecule has 2 N–H and O–H groups in total. The van der Waals surface area contributed by atoms with Gasteiger partial charge in [-0.2, -0.15) is 4.98 Å². The zero-order valence-electron chi connectivity index (χ0n) is 19.3. The molecule has 2 aliphatic heterocycles. The number of amides is 1. The van der Waals surface area contributed by atoms with Gasteiger partial charge in [-0.25, -0.2) is 9.97 Å². The molecule has 1 fully saturated rings. The number of anilines is 1. The molecule has 0 spiro atoms. The quantitative estimate of drug-likeness (QED) is 0.471. The molecule has 3 aromatic rings. The minimum atomic E-state index is -0.228. The van der Waals surface area contributed by atoms with Crippen molar-refractivity contribution in [1.82, 2.24) is 29.7 Å². The van der Waals surface area contributed by atoms with Crippen LogP contribution in [0.25, 0.3) is 11.2 Å². The maximum Gasteiger partial charge on any atom is 0.270 e. The van der Waals surface area contributed by atoms with Crippen LogP contribution in [-0.4, -0.2) is 70.2 Å². The summed E-state index contributed by atoms with van der Waals surface area (Å²) in [6.45, 7) is 4.43. The molecule has 5 heterocycles. The molecular formula is C23H26ClN7O4. The molecule has 3 aromatic heterocycles. The summed E-state index contributed by atoms with van der Waals surface area (Å²) in [5.74, 6) is 1.59. The van der Waals surface area contributed by atoms with Gasteiger partial charge in [0, 0.05) is 38.3 Å². The number of nitrogens with one attached hydrogen (secondary N) is 2. The molecule has 1 amide bonds. The Morgan fingerprint density at radius 2 is 2.17 bits per heavy atom. The van der Waals surface area contributed by atoms with Crippen LogP contribution in [0.2, 0.25) is 5.02 Å². The summed E-state index contributed by atoms with van der Waals surface area (Å²) in [4.78, 5) is 39.4. The average Bonchev–Trinajstić information content (AvgIpc) is 3.31. The van der Waals surface area contributed by atoms with Crippen LogP contribution in [0.3, 0.4) is 0 Å². The molecule has 0 saturated carbocycles. The summed E-state index contributed by atoms with van der Waals surface area (Å²) in [7, 11) is 1.55. The van der Waals surface area contributed by atoms with E-state index in [-0.39, 0.29) is 18.1 Å². The fourth-order valence-corrected chi connectivity index (χ4v) is 4.62. The standard InChI is InChI=1S/C23H26ClN7O4/c1-34-20-3-2-16-23(29-20)31(21(33)11-26-16)7-6-30-5-4-14(12-30)9-25-10-17-15(24)8-18-22(27-17)28-19(32)13-35-18/h2-3,8,11,14,25H,4-7,9-10,12-13H2,1H3,(H,27,28,32)/t14-/m0/s1. The topological polar surface area (TPSA) is 124 Å². The van der Waals surface area contributed by atoms with E-state index >= 15 is 0 Å². The Morgan fingerprint density at radius 1 is 1.29 bits per heavy atom. The van der Waals surface area contributed by atoms with Crippen molar-refractivity contribution in [2.24, 2.45) is 5.92 Å². The van der Waals surface area contributed by atoms with Crippen LogP contribution in [0.4, 0.5) is 5.82 Å². The first-order valence-electron chi connectivity index (χ1n) is 11.5. The van der Waals surface area contributed by atoms with Gasteiger partial charge in [0.05, 0.1) is 24.0 Å². The summed E-state index contributed by atoms with van der Waals surface area (Å²) < 4.78 is 12.2. The molecule has 1 atom stereocenters.